The lowest BCUT2D eigenvalue weighted by molar-refractivity contribution is 0.901. The van der Waals surface area contributed by atoms with Crippen molar-refractivity contribution in [2.24, 2.45) is 0 Å². The van der Waals surface area contributed by atoms with E-state index in [9.17, 15) is 0 Å². The first-order valence-corrected chi connectivity index (χ1v) is 6.70. The van der Waals surface area contributed by atoms with Crippen LogP contribution in [0.3, 0.4) is 0 Å². The molecule has 0 radical (unpaired) electrons. The highest BCUT2D eigenvalue weighted by Gasteiger charge is 2.02. The average Bonchev–Trinajstić information content (AvgIpc) is 2.48. The number of benzene rings is 1. The summed E-state index contributed by atoms with van der Waals surface area (Å²) >= 11 is 0. The number of hydrogen-bond acceptors (Lipinski definition) is 4. The largest absolute Gasteiger partial charge is 0.385 e. The van der Waals surface area contributed by atoms with E-state index in [0.717, 1.165) is 30.9 Å². The Balaban J connectivity index is 1.76. The highest BCUT2D eigenvalue weighted by Crippen LogP contribution is 2.12. The Morgan fingerprint density at radius 3 is 2.55 bits per heavy atom. The minimum Gasteiger partial charge on any atom is -0.385 e. The van der Waals surface area contributed by atoms with Gasteiger partial charge in [0.1, 0.15) is 11.9 Å². The normalized spacial score (nSPS) is 9.80. The van der Waals surface area contributed by atoms with Gasteiger partial charge in [-0.1, -0.05) is 18.2 Å². The van der Waals surface area contributed by atoms with Crippen LogP contribution in [0, 0.1) is 18.3 Å². The van der Waals surface area contributed by atoms with Gasteiger partial charge in [0.05, 0.1) is 5.56 Å². The number of hydrogen-bond donors (Lipinski definition) is 2. The van der Waals surface area contributed by atoms with Crippen LogP contribution in [0.5, 0.6) is 0 Å². The van der Waals surface area contributed by atoms with Gasteiger partial charge in [-0.3, -0.25) is 0 Å². The summed E-state index contributed by atoms with van der Waals surface area (Å²) in [6.45, 7) is 3.58. The Hall–Kier alpha value is -2.54. The van der Waals surface area contributed by atoms with Crippen molar-refractivity contribution in [2.75, 3.05) is 23.7 Å². The SMILES string of the molecule is Cc1ccc(C#N)c(NCCCNc2ccccc2)n1. The van der Waals surface area contributed by atoms with Crippen molar-refractivity contribution in [3.63, 3.8) is 0 Å². The van der Waals surface area contributed by atoms with Crippen molar-refractivity contribution in [2.45, 2.75) is 13.3 Å². The predicted octanol–water partition coefficient (Wildman–Crippen LogP) is 3.18. The van der Waals surface area contributed by atoms with Gasteiger partial charge in [0, 0.05) is 24.5 Å². The Bertz CT molecular complexity index is 587. The summed E-state index contributed by atoms with van der Waals surface area (Å²) < 4.78 is 0. The Labute approximate surface area is 119 Å². The van der Waals surface area contributed by atoms with Crippen LogP contribution in [0.15, 0.2) is 42.5 Å². The molecule has 2 aromatic rings. The molecule has 0 aliphatic carbocycles. The first-order chi connectivity index (χ1) is 9.79. The summed E-state index contributed by atoms with van der Waals surface area (Å²) in [7, 11) is 0. The Morgan fingerprint density at radius 2 is 1.80 bits per heavy atom. The van der Waals surface area contributed by atoms with Crippen LogP contribution in [0.1, 0.15) is 17.7 Å². The zero-order valence-corrected chi connectivity index (χ0v) is 11.6. The summed E-state index contributed by atoms with van der Waals surface area (Å²) in [5.74, 6) is 0.673. The van der Waals surface area contributed by atoms with Crippen LogP contribution in [0.25, 0.3) is 0 Å². The maximum absolute atomic E-state index is 9.02. The molecule has 2 rings (SSSR count). The number of pyridine rings is 1. The standard InChI is InChI=1S/C16H18N4/c1-13-8-9-14(12-17)16(20-13)19-11-5-10-18-15-6-3-2-4-7-15/h2-4,6-9,18H,5,10-11H2,1H3,(H,19,20). The van der Waals surface area contributed by atoms with E-state index < -0.39 is 0 Å². The molecule has 2 N–H and O–H groups in total. The van der Waals surface area contributed by atoms with Crippen LogP contribution in [0.4, 0.5) is 11.5 Å². The second kappa shape index (κ2) is 7.15. The third kappa shape index (κ3) is 3.99. The smallest absolute Gasteiger partial charge is 0.144 e. The number of nitriles is 1. The number of nitrogens with zero attached hydrogens (tertiary/aromatic N) is 2. The van der Waals surface area contributed by atoms with E-state index in [4.69, 9.17) is 5.26 Å². The second-order valence-corrected chi connectivity index (χ2v) is 4.53. The van der Waals surface area contributed by atoms with Crippen LogP contribution < -0.4 is 10.6 Å². The van der Waals surface area contributed by atoms with E-state index in [-0.39, 0.29) is 0 Å². The van der Waals surface area contributed by atoms with Gasteiger partial charge in [0.15, 0.2) is 0 Å². The molecule has 0 saturated heterocycles. The van der Waals surface area contributed by atoms with Gasteiger partial charge in [-0.25, -0.2) is 4.98 Å². The van der Waals surface area contributed by atoms with Crippen molar-refractivity contribution in [1.29, 1.82) is 5.26 Å². The maximum Gasteiger partial charge on any atom is 0.144 e. The van der Waals surface area contributed by atoms with Crippen molar-refractivity contribution in [3.05, 3.63) is 53.7 Å². The first kappa shape index (κ1) is 13.9. The summed E-state index contributed by atoms with van der Waals surface area (Å²) in [5, 5.41) is 15.6. The Morgan fingerprint density at radius 1 is 1.05 bits per heavy atom. The zero-order chi connectivity index (χ0) is 14.2. The molecule has 0 unspecified atom stereocenters. The molecule has 0 atom stereocenters. The molecule has 0 aliphatic rings. The van der Waals surface area contributed by atoms with Gasteiger partial charge in [-0.15, -0.1) is 0 Å². The number of nitrogens with one attached hydrogen (secondary N) is 2. The molecule has 1 aromatic heterocycles. The molecule has 1 aromatic carbocycles. The van der Waals surface area contributed by atoms with E-state index in [2.05, 4.69) is 21.7 Å². The molecule has 1 heterocycles. The predicted molar refractivity (Wildman–Crippen MR) is 81.7 cm³/mol. The zero-order valence-electron chi connectivity index (χ0n) is 11.6. The van der Waals surface area contributed by atoms with E-state index in [1.54, 1.807) is 6.07 Å². The molecule has 0 spiro atoms. The van der Waals surface area contributed by atoms with E-state index in [0.29, 0.717) is 11.4 Å². The fourth-order valence-corrected chi connectivity index (χ4v) is 1.87. The molecule has 0 aliphatic heterocycles. The number of aromatic nitrogens is 1. The minimum absolute atomic E-state index is 0.589. The summed E-state index contributed by atoms with van der Waals surface area (Å²) in [5.41, 5.74) is 2.62. The molecule has 0 saturated carbocycles. The third-order valence-electron chi connectivity index (χ3n) is 2.90. The number of rotatable bonds is 6. The molecule has 4 heteroatoms. The maximum atomic E-state index is 9.02. The molecule has 0 bridgehead atoms. The van der Waals surface area contributed by atoms with Gasteiger partial charge in [-0.05, 0) is 37.6 Å². The average molecular weight is 266 g/mol. The topological polar surface area (TPSA) is 60.7 Å². The van der Waals surface area contributed by atoms with Crippen LogP contribution in [-0.2, 0) is 0 Å². The van der Waals surface area contributed by atoms with Crippen molar-refractivity contribution in [3.8, 4) is 6.07 Å². The lowest BCUT2D eigenvalue weighted by Gasteiger charge is -2.09. The molecule has 4 nitrogen and oxygen atoms in total. The fourth-order valence-electron chi connectivity index (χ4n) is 1.87. The molecular weight excluding hydrogens is 248 g/mol. The molecular formula is C16H18N4. The van der Waals surface area contributed by atoms with Crippen LogP contribution in [-0.4, -0.2) is 18.1 Å². The second-order valence-electron chi connectivity index (χ2n) is 4.53. The summed E-state index contributed by atoms with van der Waals surface area (Å²) in [4.78, 5) is 4.35. The lowest BCUT2D eigenvalue weighted by atomic mass is 10.2. The van der Waals surface area contributed by atoms with Crippen molar-refractivity contribution >= 4 is 11.5 Å². The van der Waals surface area contributed by atoms with Gasteiger partial charge < -0.3 is 10.6 Å². The van der Waals surface area contributed by atoms with Crippen LogP contribution >= 0.6 is 0 Å². The highest BCUT2D eigenvalue weighted by molar-refractivity contribution is 5.52. The molecule has 20 heavy (non-hydrogen) atoms. The monoisotopic (exact) mass is 266 g/mol. The van der Waals surface area contributed by atoms with Crippen LogP contribution in [0.2, 0.25) is 0 Å². The summed E-state index contributed by atoms with van der Waals surface area (Å²) in [6, 6.07) is 15.9. The summed E-state index contributed by atoms with van der Waals surface area (Å²) in [6.07, 6.45) is 0.954. The quantitative estimate of drug-likeness (QED) is 0.788. The van der Waals surface area contributed by atoms with Gasteiger partial charge in [-0.2, -0.15) is 5.26 Å². The third-order valence-corrected chi connectivity index (χ3v) is 2.90. The number of aryl methyl sites for hydroxylation is 1. The Kier molecular flexibility index (Phi) is 4.96. The molecule has 0 amide bonds. The van der Waals surface area contributed by atoms with Crippen molar-refractivity contribution in [1.82, 2.24) is 4.98 Å². The minimum atomic E-state index is 0.589. The first-order valence-electron chi connectivity index (χ1n) is 6.70. The van der Waals surface area contributed by atoms with Gasteiger partial charge >= 0.3 is 0 Å². The molecule has 0 fully saturated rings. The van der Waals surface area contributed by atoms with E-state index in [1.807, 2.05) is 43.3 Å². The molecule has 102 valence electrons. The fraction of sp³-hybridized carbons (Fsp3) is 0.250. The van der Waals surface area contributed by atoms with Crippen molar-refractivity contribution < 1.29 is 0 Å². The highest BCUT2D eigenvalue weighted by atomic mass is 15.0. The number of para-hydroxylation sites is 1. The van der Waals surface area contributed by atoms with Gasteiger partial charge in [0.25, 0.3) is 0 Å². The van der Waals surface area contributed by atoms with E-state index >= 15 is 0 Å². The van der Waals surface area contributed by atoms with E-state index in [1.165, 1.54) is 0 Å². The number of anilines is 2. The van der Waals surface area contributed by atoms with Gasteiger partial charge in [0.2, 0.25) is 0 Å². The lowest BCUT2D eigenvalue weighted by Crippen LogP contribution is -2.11.